The summed E-state index contributed by atoms with van der Waals surface area (Å²) in [5.41, 5.74) is 0.0742. The Balaban J connectivity index is 3.08. The monoisotopic (exact) mass is 563 g/mol. The molecule has 1 aromatic carbocycles. The smallest absolute Gasteiger partial charge is 0.323 e. The SMILES string of the molecule is COC(=O)[C@H](Cc1ccc(OC(=O)CC(C)(C)C)c(OC(=O)CC(C)(C)C)c1)NCC(C)OC(=O)CCC(C)C. The molecular formula is C31H49NO8. The van der Waals surface area contributed by atoms with Crippen LogP contribution in [-0.2, 0) is 35.1 Å². The van der Waals surface area contributed by atoms with Gasteiger partial charge in [0.25, 0.3) is 0 Å². The molecule has 0 amide bonds. The molecule has 0 aliphatic heterocycles. The average molecular weight is 564 g/mol. The number of benzene rings is 1. The Hall–Kier alpha value is -2.94. The largest absolute Gasteiger partial charge is 0.468 e. The normalized spacial score (nSPS) is 13.4. The quantitative estimate of drug-likeness (QED) is 0.234. The van der Waals surface area contributed by atoms with Gasteiger partial charge >= 0.3 is 23.9 Å². The van der Waals surface area contributed by atoms with Crippen LogP contribution in [0.25, 0.3) is 0 Å². The fourth-order valence-corrected chi connectivity index (χ4v) is 3.68. The lowest BCUT2D eigenvalue weighted by Crippen LogP contribution is -2.43. The summed E-state index contributed by atoms with van der Waals surface area (Å²) in [5.74, 6) is -1.06. The summed E-state index contributed by atoms with van der Waals surface area (Å²) < 4.78 is 21.6. The number of ether oxygens (including phenoxy) is 4. The van der Waals surface area contributed by atoms with Crippen LogP contribution < -0.4 is 14.8 Å². The van der Waals surface area contributed by atoms with E-state index in [-0.39, 0.29) is 54.1 Å². The number of hydrogen-bond acceptors (Lipinski definition) is 9. The van der Waals surface area contributed by atoms with Crippen molar-refractivity contribution in [1.29, 1.82) is 0 Å². The van der Waals surface area contributed by atoms with Crippen LogP contribution in [0.15, 0.2) is 18.2 Å². The fourth-order valence-electron chi connectivity index (χ4n) is 3.68. The van der Waals surface area contributed by atoms with E-state index >= 15 is 0 Å². The second kappa shape index (κ2) is 15.7. The summed E-state index contributed by atoms with van der Waals surface area (Å²) in [5, 5.41) is 3.11. The van der Waals surface area contributed by atoms with Crippen molar-refractivity contribution in [3.63, 3.8) is 0 Å². The molecule has 0 heterocycles. The second-order valence-corrected chi connectivity index (χ2v) is 13.1. The minimum Gasteiger partial charge on any atom is -0.468 e. The Kier molecular flexibility index (Phi) is 13.8. The summed E-state index contributed by atoms with van der Waals surface area (Å²) in [7, 11) is 1.30. The first-order chi connectivity index (χ1) is 18.4. The van der Waals surface area contributed by atoms with Gasteiger partial charge in [-0.25, -0.2) is 0 Å². The third-order valence-electron chi connectivity index (χ3n) is 5.64. The highest BCUT2D eigenvalue weighted by Crippen LogP contribution is 2.32. The maximum absolute atomic E-state index is 12.6. The molecule has 1 rings (SSSR count). The zero-order chi connectivity index (χ0) is 30.7. The highest BCUT2D eigenvalue weighted by atomic mass is 16.6. The van der Waals surface area contributed by atoms with Gasteiger partial charge in [0.05, 0.1) is 20.0 Å². The number of nitrogens with one attached hydrogen (secondary N) is 1. The van der Waals surface area contributed by atoms with Crippen molar-refractivity contribution in [2.45, 2.75) is 107 Å². The highest BCUT2D eigenvalue weighted by molar-refractivity contribution is 5.78. The molecule has 9 heteroatoms. The summed E-state index contributed by atoms with van der Waals surface area (Å²) >= 11 is 0. The number of rotatable bonds is 14. The topological polar surface area (TPSA) is 117 Å². The first-order valence-corrected chi connectivity index (χ1v) is 13.9. The molecule has 0 radical (unpaired) electrons. The highest BCUT2D eigenvalue weighted by Gasteiger charge is 2.25. The van der Waals surface area contributed by atoms with Gasteiger partial charge < -0.3 is 24.3 Å². The first-order valence-electron chi connectivity index (χ1n) is 13.9. The van der Waals surface area contributed by atoms with Gasteiger partial charge in [0.2, 0.25) is 0 Å². The van der Waals surface area contributed by atoms with Crippen molar-refractivity contribution in [1.82, 2.24) is 5.32 Å². The number of esters is 4. The van der Waals surface area contributed by atoms with Gasteiger partial charge in [-0.05, 0) is 54.2 Å². The summed E-state index contributed by atoms with van der Waals surface area (Å²) in [6.07, 6.45) is 1.16. The van der Waals surface area contributed by atoms with Gasteiger partial charge in [0, 0.05) is 13.0 Å². The van der Waals surface area contributed by atoms with Crippen LogP contribution in [0.4, 0.5) is 0 Å². The molecule has 0 aliphatic carbocycles. The van der Waals surface area contributed by atoms with Crippen LogP contribution in [-0.4, -0.2) is 49.7 Å². The van der Waals surface area contributed by atoms with Crippen molar-refractivity contribution >= 4 is 23.9 Å². The molecule has 0 aliphatic rings. The Morgan fingerprint density at radius 2 is 1.38 bits per heavy atom. The van der Waals surface area contributed by atoms with E-state index in [0.717, 1.165) is 6.42 Å². The minimum atomic E-state index is -0.755. The molecule has 1 unspecified atom stereocenters. The summed E-state index contributed by atoms with van der Waals surface area (Å²) in [6, 6.07) is 4.10. The molecule has 0 saturated heterocycles. The zero-order valence-electron chi connectivity index (χ0n) is 26.0. The van der Waals surface area contributed by atoms with E-state index in [2.05, 4.69) is 5.32 Å². The molecule has 0 aromatic heterocycles. The molecule has 0 spiro atoms. The van der Waals surface area contributed by atoms with E-state index in [4.69, 9.17) is 18.9 Å². The van der Waals surface area contributed by atoms with Gasteiger partial charge in [-0.15, -0.1) is 0 Å². The fraction of sp³-hybridized carbons (Fsp3) is 0.677. The number of carbonyl (C=O) groups is 4. The van der Waals surface area contributed by atoms with Gasteiger partial charge in [0.1, 0.15) is 12.1 Å². The Morgan fingerprint density at radius 3 is 1.88 bits per heavy atom. The molecule has 226 valence electrons. The van der Waals surface area contributed by atoms with Crippen LogP contribution in [0.3, 0.4) is 0 Å². The van der Waals surface area contributed by atoms with Crippen LogP contribution >= 0.6 is 0 Å². The van der Waals surface area contributed by atoms with E-state index < -0.39 is 30.1 Å². The molecule has 0 saturated carbocycles. The zero-order valence-corrected chi connectivity index (χ0v) is 26.0. The van der Waals surface area contributed by atoms with Crippen molar-refractivity contribution in [3.05, 3.63) is 23.8 Å². The van der Waals surface area contributed by atoms with Crippen molar-refractivity contribution < 1.29 is 38.1 Å². The van der Waals surface area contributed by atoms with Crippen molar-refractivity contribution in [2.24, 2.45) is 16.7 Å². The minimum absolute atomic E-state index is 0.102. The number of hydrogen-bond donors (Lipinski definition) is 1. The molecule has 0 bridgehead atoms. The maximum Gasteiger partial charge on any atom is 0.323 e. The Labute approximate surface area is 239 Å². The van der Waals surface area contributed by atoms with Gasteiger partial charge in [-0.1, -0.05) is 61.5 Å². The lowest BCUT2D eigenvalue weighted by molar-refractivity contribution is -0.148. The lowest BCUT2D eigenvalue weighted by Gasteiger charge is -2.21. The number of carbonyl (C=O) groups excluding carboxylic acids is 4. The maximum atomic E-state index is 12.6. The molecule has 9 nitrogen and oxygen atoms in total. The summed E-state index contributed by atoms with van der Waals surface area (Å²) in [6.45, 7) is 17.6. The molecule has 2 atom stereocenters. The second-order valence-electron chi connectivity index (χ2n) is 13.1. The standard InChI is InChI=1S/C31H49NO8/c1-20(2)11-14-26(33)38-21(3)19-32-23(29(36)37-10)15-22-12-13-24(39-27(34)17-30(4,5)6)25(16-22)40-28(35)18-31(7,8)9/h12-13,16,20-21,23,32H,11,14-15,17-19H2,1-10H3/t21?,23-/m0/s1. The third-order valence-corrected chi connectivity index (χ3v) is 5.64. The predicted octanol–water partition coefficient (Wildman–Crippen LogP) is 5.41. The average Bonchev–Trinajstić information content (AvgIpc) is 2.79. The lowest BCUT2D eigenvalue weighted by atomic mass is 9.92. The third kappa shape index (κ3) is 15.0. The first kappa shape index (κ1) is 35.1. The van der Waals surface area contributed by atoms with E-state index in [0.29, 0.717) is 17.9 Å². The van der Waals surface area contributed by atoms with Crippen molar-refractivity contribution in [2.75, 3.05) is 13.7 Å². The van der Waals surface area contributed by atoms with E-state index in [1.807, 2.05) is 55.4 Å². The van der Waals surface area contributed by atoms with Crippen LogP contribution in [0.5, 0.6) is 11.5 Å². The van der Waals surface area contributed by atoms with Crippen LogP contribution in [0.2, 0.25) is 0 Å². The van der Waals surface area contributed by atoms with Gasteiger partial charge in [-0.3, -0.25) is 19.2 Å². The number of methoxy groups -OCH3 is 1. The Bertz CT molecular complexity index is 1000. The van der Waals surface area contributed by atoms with Crippen molar-refractivity contribution in [3.8, 4) is 11.5 Å². The van der Waals surface area contributed by atoms with Crippen LogP contribution in [0, 0.1) is 16.7 Å². The molecular weight excluding hydrogens is 514 g/mol. The molecule has 1 N–H and O–H groups in total. The molecule has 1 aromatic rings. The summed E-state index contributed by atoms with van der Waals surface area (Å²) in [4.78, 5) is 49.8. The predicted molar refractivity (Wildman–Crippen MR) is 153 cm³/mol. The molecule has 40 heavy (non-hydrogen) atoms. The Morgan fingerprint density at radius 1 is 0.825 bits per heavy atom. The van der Waals surface area contributed by atoms with E-state index in [1.165, 1.54) is 7.11 Å². The van der Waals surface area contributed by atoms with Gasteiger partial charge in [0.15, 0.2) is 11.5 Å². The van der Waals surface area contributed by atoms with E-state index in [9.17, 15) is 19.2 Å². The van der Waals surface area contributed by atoms with E-state index in [1.54, 1.807) is 25.1 Å². The van der Waals surface area contributed by atoms with Crippen LogP contribution in [0.1, 0.15) is 93.6 Å². The molecule has 0 fully saturated rings. The van der Waals surface area contributed by atoms with Gasteiger partial charge in [-0.2, -0.15) is 0 Å².